The molecule has 273 valence electrons. The fourth-order valence-electron chi connectivity index (χ4n) is 8.49. The summed E-state index contributed by atoms with van der Waals surface area (Å²) in [5, 5.41) is 14.5. The molecule has 0 unspecified atom stereocenters. The van der Waals surface area contributed by atoms with Crippen LogP contribution in [-0.2, 0) is 35.7 Å². The maximum absolute atomic E-state index is 11.7. The van der Waals surface area contributed by atoms with Crippen LogP contribution < -0.4 is 0 Å². The Morgan fingerprint density at radius 3 is 2.00 bits per heavy atom. The van der Waals surface area contributed by atoms with Gasteiger partial charge in [0.1, 0.15) is 0 Å². The third kappa shape index (κ3) is 6.26. The van der Waals surface area contributed by atoms with Gasteiger partial charge < -0.3 is 10.1 Å². The molecule has 4 nitrogen and oxygen atoms in total. The zero-order valence-electron chi connectivity index (χ0n) is 31.9. The normalized spacial score (nSPS) is 13.7. The Balaban J connectivity index is 0.000000258. The van der Waals surface area contributed by atoms with Crippen molar-refractivity contribution in [3.63, 3.8) is 0 Å². The van der Waals surface area contributed by atoms with Crippen molar-refractivity contribution in [3.8, 4) is 22.4 Å². The first-order valence-corrected chi connectivity index (χ1v) is 19.0. The fourth-order valence-corrected chi connectivity index (χ4v) is 8.49. The molecule has 0 saturated heterocycles. The summed E-state index contributed by atoms with van der Waals surface area (Å²) in [6.45, 7) is 14.8. The van der Waals surface area contributed by atoms with E-state index >= 15 is 0 Å². The van der Waals surface area contributed by atoms with Crippen molar-refractivity contribution < 1.29 is 30.0 Å². The van der Waals surface area contributed by atoms with Crippen molar-refractivity contribution >= 4 is 27.3 Å². The maximum atomic E-state index is 11.7. The van der Waals surface area contributed by atoms with Gasteiger partial charge in [-0.2, -0.15) is 0 Å². The monoisotopic (exact) mass is 878 g/mol. The molecule has 2 aliphatic carbocycles. The van der Waals surface area contributed by atoms with E-state index in [0.29, 0.717) is 0 Å². The smallest absolute Gasteiger partial charge is 0.162 e. The molecule has 0 aliphatic heterocycles. The Bertz CT molecular complexity index is 2300. The first-order chi connectivity index (χ1) is 25.1. The van der Waals surface area contributed by atoms with Crippen LogP contribution in [-0.4, -0.2) is 20.9 Å². The summed E-state index contributed by atoms with van der Waals surface area (Å²) in [4.78, 5) is 22.3. The van der Waals surface area contributed by atoms with E-state index in [-0.39, 0.29) is 48.9 Å². The molecular formula is C48H49IrN2O2-. The molecule has 2 aromatic heterocycles. The zero-order valence-corrected chi connectivity index (χ0v) is 34.3. The summed E-state index contributed by atoms with van der Waals surface area (Å²) in [5.74, 6) is 0.547. The van der Waals surface area contributed by atoms with Gasteiger partial charge in [0, 0.05) is 55.3 Å². The van der Waals surface area contributed by atoms with E-state index < -0.39 is 5.41 Å². The van der Waals surface area contributed by atoms with E-state index in [1.54, 1.807) is 0 Å². The average Bonchev–Trinajstić information content (AvgIpc) is 3.44. The van der Waals surface area contributed by atoms with Crippen LogP contribution in [0.4, 0.5) is 0 Å². The zero-order chi connectivity index (χ0) is 36.8. The summed E-state index contributed by atoms with van der Waals surface area (Å²) >= 11 is 0. The molecular weight excluding hydrogens is 829 g/mol. The van der Waals surface area contributed by atoms with E-state index in [2.05, 4.69) is 118 Å². The van der Waals surface area contributed by atoms with Crippen LogP contribution in [0.25, 0.3) is 43.9 Å². The van der Waals surface area contributed by atoms with E-state index in [1.165, 1.54) is 50.1 Å². The number of pyridine rings is 2. The minimum Gasteiger partial charge on any atom is -0.512 e. The maximum Gasteiger partial charge on any atom is 0.162 e. The largest absolute Gasteiger partial charge is 0.512 e. The summed E-state index contributed by atoms with van der Waals surface area (Å²) in [6.07, 6.45) is 6.85. The van der Waals surface area contributed by atoms with Gasteiger partial charge in [-0.1, -0.05) is 138 Å². The molecule has 0 saturated carbocycles. The number of rotatable bonds is 7. The number of nitrogens with zero attached hydrogens (tertiary/aromatic N) is 2. The molecule has 5 heteroatoms. The molecule has 8 rings (SSSR count). The average molecular weight is 878 g/mol. The number of benzene rings is 4. The van der Waals surface area contributed by atoms with Crippen LogP contribution in [0.1, 0.15) is 102 Å². The number of allylic oxidation sites excluding steroid dienone is 2. The molecule has 53 heavy (non-hydrogen) atoms. The van der Waals surface area contributed by atoms with Gasteiger partial charge in [0.15, 0.2) is 5.78 Å². The first kappa shape index (κ1) is 38.3. The van der Waals surface area contributed by atoms with E-state index in [9.17, 15) is 9.90 Å². The van der Waals surface area contributed by atoms with Gasteiger partial charge in [0.25, 0.3) is 0 Å². The molecule has 0 bridgehead atoms. The van der Waals surface area contributed by atoms with Crippen LogP contribution in [0.15, 0.2) is 109 Å². The third-order valence-electron chi connectivity index (χ3n) is 11.4. The van der Waals surface area contributed by atoms with Crippen molar-refractivity contribution in [2.75, 3.05) is 0 Å². The van der Waals surface area contributed by atoms with Crippen molar-refractivity contribution in [3.05, 3.63) is 143 Å². The molecule has 4 aromatic carbocycles. The summed E-state index contributed by atoms with van der Waals surface area (Å²) in [5.41, 5.74) is 9.96. The molecule has 1 N–H and O–H groups in total. The Hall–Kier alpha value is -4.44. The second-order valence-electron chi connectivity index (χ2n) is 15.3. The number of hydrogen-bond acceptors (Lipinski definition) is 4. The van der Waals surface area contributed by atoms with Gasteiger partial charge in [0.05, 0.1) is 16.9 Å². The third-order valence-corrected chi connectivity index (χ3v) is 11.4. The topological polar surface area (TPSA) is 63.1 Å². The molecule has 2 heterocycles. The van der Waals surface area contributed by atoms with E-state index in [0.717, 1.165) is 53.7 Å². The number of aromatic nitrogens is 2. The Morgan fingerprint density at radius 2 is 1.40 bits per heavy atom. The SMILES string of the molecule is CC(C)(C)c1cc2ccnc3c2c(n1)C1(c2ccccc2-c2ccccc21)c1c-3[c-]cc2ccccc12.CCC(CC)C(=O)/C=C(\O)C(CC)CC.[Ir]. The number of ketones is 1. The van der Waals surface area contributed by atoms with Gasteiger partial charge in [-0.3, -0.25) is 9.78 Å². The van der Waals surface area contributed by atoms with Crippen molar-refractivity contribution in [1.29, 1.82) is 0 Å². The van der Waals surface area contributed by atoms with Crippen molar-refractivity contribution in [1.82, 2.24) is 9.97 Å². The second kappa shape index (κ2) is 15.1. The second-order valence-corrected chi connectivity index (χ2v) is 15.3. The quantitative estimate of drug-likeness (QED) is 0.0984. The van der Waals surface area contributed by atoms with Crippen LogP contribution in [0, 0.1) is 17.9 Å². The number of aliphatic hydroxyl groups is 1. The number of hydrogen-bond donors (Lipinski definition) is 1. The predicted octanol–water partition coefficient (Wildman–Crippen LogP) is 12.1. The van der Waals surface area contributed by atoms with Gasteiger partial charge in [0.2, 0.25) is 0 Å². The van der Waals surface area contributed by atoms with Crippen LogP contribution in [0.3, 0.4) is 0 Å². The van der Waals surface area contributed by atoms with Crippen molar-refractivity contribution in [2.45, 2.75) is 85.0 Å². The van der Waals surface area contributed by atoms with Crippen LogP contribution in [0.5, 0.6) is 0 Å². The number of fused-ring (bicyclic) bond motifs is 11. The molecule has 1 spiro atoms. The molecule has 0 fully saturated rings. The molecule has 6 aromatic rings. The standard InChI is InChI=1S/C35H25N2.C13H24O2.Ir/c1-34(2,3)29-20-22-18-19-36-32-26-17-16-21-10-4-5-11-23(21)31(26)35(33(37-29)30(22)32)27-14-8-6-12-24(27)25-13-7-9-15-28(25)35;1-5-10(6-2)12(14)9-13(15)11(7-3)8-4;/h4-16,18-20H,1-3H3;9-11,14H,5-8H2,1-4H3;/q-1;;/b;12-9-;. The van der Waals surface area contributed by atoms with E-state index in [4.69, 9.17) is 9.97 Å². The summed E-state index contributed by atoms with van der Waals surface area (Å²) in [6, 6.07) is 36.7. The van der Waals surface area contributed by atoms with Gasteiger partial charge in [-0.15, -0.1) is 17.7 Å². The summed E-state index contributed by atoms with van der Waals surface area (Å²) < 4.78 is 0. The Kier molecular flexibility index (Phi) is 10.9. The van der Waals surface area contributed by atoms with Gasteiger partial charge in [-0.25, -0.2) is 0 Å². The molecule has 2 aliphatic rings. The Morgan fingerprint density at radius 1 is 0.811 bits per heavy atom. The van der Waals surface area contributed by atoms with Crippen LogP contribution in [0.2, 0.25) is 0 Å². The fraction of sp³-hybridized carbons (Fsp3) is 0.312. The minimum atomic E-state index is -0.560. The predicted molar refractivity (Wildman–Crippen MR) is 215 cm³/mol. The molecule has 0 atom stereocenters. The first-order valence-electron chi connectivity index (χ1n) is 19.0. The molecule has 0 amide bonds. The van der Waals surface area contributed by atoms with E-state index in [1.807, 2.05) is 33.9 Å². The number of carbonyl (C=O) groups excluding carboxylic acids is 1. The molecule has 1 radical (unpaired) electrons. The van der Waals surface area contributed by atoms with Gasteiger partial charge >= 0.3 is 0 Å². The summed E-state index contributed by atoms with van der Waals surface area (Å²) in [7, 11) is 0. The number of carbonyl (C=O) groups is 1. The van der Waals surface area contributed by atoms with Crippen molar-refractivity contribution in [2.24, 2.45) is 11.8 Å². The number of aliphatic hydroxyl groups excluding tert-OH is 1. The van der Waals surface area contributed by atoms with Crippen LogP contribution >= 0.6 is 0 Å². The Labute approximate surface area is 328 Å². The van der Waals surface area contributed by atoms with Gasteiger partial charge in [-0.05, 0) is 76.5 Å². The minimum absolute atomic E-state index is 0.